The summed E-state index contributed by atoms with van der Waals surface area (Å²) in [6.45, 7) is 6.89. The highest BCUT2D eigenvalue weighted by molar-refractivity contribution is 5.94. The molecule has 0 N–H and O–H groups in total. The lowest BCUT2D eigenvalue weighted by Crippen LogP contribution is -2.27. The SMILES string of the molecule is Cc1oc(-c2ccc(C(=O)N3CCCC3)cc2)nc1CN1CCCC1. The van der Waals surface area contributed by atoms with Crippen molar-refractivity contribution in [2.75, 3.05) is 26.2 Å². The van der Waals surface area contributed by atoms with E-state index in [4.69, 9.17) is 9.40 Å². The van der Waals surface area contributed by atoms with E-state index in [2.05, 4.69) is 4.90 Å². The van der Waals surface area contributed by atoms with Gasteiger partial charge in [-0.25, -0.2) is 4.98 Å². The van der Waals surface area contributed by atoms with Crippen LogP contribution in [0.1, 0.15) is 47.5 Å². The van der Waals surface area contributed by atoms with E-state index in [1.807, 2.05) is 36.1 Å². The van der Waals surface area contributed by atoms with Crippen molar-refractivity contribution >= 4 is 5.91 Å². The van der Waals surface area contributed by atoms with E-state index >= 15 is 0 Å². The number of oxazole rings is 1. The van der Waals surface area contributed by atoms with Gasteiger partial charge in [0.25, 0.3) is 5.91 Å². The molecule has 3 heterocycles. The second-order valence-corrected chi connectivity index (χ2v) is 7.08. The maximum atomic E-state index is 12.4. The van der Waals surface area contributed by atoms with Gasteiger partial charge in [0.1, 0.15) is 5.76 Å². The third-order valence-electron chi connectivity index (χ3n) is 5.24. The summed E-state index contributed by atoms with van der Waals surface area (Å²) in [4.78, 5) is 21.5. The van der Waals surface area contributed by atoms with Crippen LogP contribution in [-0.4, -0.2) is 46.9 Å². The Morgan fingerprint density at radius 2 is 1.68 bits per heavy atom. The molecular weight excluding hydrogens is 314 g/mol. The van der Waals surface area contributed by atoms with Gasteiger partial charge < -0.3 is 9.32 Å². The average Bonchev–Trinajstić information content (AvgIpc) is 3.38. The summed E-state index contributed by atoms with van der Waals surface area (Å²) >= 11 is 0. The quantitative estimate of drug-likeness (QED) is 0.856. The first kappa shape index (κ1) is 16.3. The molecule has 5 heteroatoms. The summed E-state index contributed by atoms with van der Waals surface area (Å²) in [5.74, 6) is 1.66. The molecule has 0 bridgehead atoms. The molecule has 132 valence electrons. The van der Waals surface area contributed by atoms with Crippen LogP contribution < -0.4 is 0 Å². The summed E-state index contributed by atoms with van der Waals surface area (Å²) in [6.07, 6.45) is 4.77. The van der Waals surface area contributed by atoms with Crippen molar-refractivity contribution in [3.8, 4) is 11.5 Å². The number of likely N-dealkylation sites (tertiary alicyclic amines) is 2. The van der Waals surface area contributed by atoms with Crippen LogP contribution in [0.4, 0.5) is 0 Å². The molecule has 1 amide bonds. The molecule has 1 aromatic carbocycles. The third-order valence-corrected chi connectivity index (χ3v) is 5.24. The van der Waals surface area contributed by atoms with Gasteiger partial charge in [-0.05, 0) is 70.0 Å². The Kier molecular flexibility index (Phi) is 4.57. The van der Waals surface area contributed by atoms with Crippen LogP contribution in [0.2, 0.25) is 0 Å². The molecule has 0 spiro atoms. The van der Waals surface area contributed by atoms with Crippen LogP contribution in [-0.2, 0) is 6.54 Å². The molecule has 2 aromatic rings. The van der Waals surface area contributed by atoms with Crippen LogP contribution in [0.15, 0.2) is 28.7 Å². The predicted molar refractivity (Wildman–Crippen MR) is 96.3 cm³/mol. The average molecular weight is 339 g/mol. The van der Waals surface area contributed by atoms with Crippen LogP contribution in [0.3, 0.4) is 0 Å². The van der Waals surface area contributed by atoms with Crippen molar-refractivity contribution < 1.29 is 9.21 Å². The highest BCUT2D eigenvalue weighted by Crippen LogP contribution is 2.24. The largest absolute Gasteiger partial charge is 0.441 e. The number of aromatic nitrogens is 1. The molecule has 2 fully saturated rings. The number of nitrogens with zero attached hydrogens (tertiary/aromatic N) is 3. The number of hydrogen-bond acceptors (Lipinski definition) is 4. The number of amides is 1. The lowest BCUT2D eigenvalue weighted by molar-refractivity contribution is 0.0793. The molecule has 2 aliphatic rings. The van der Waals surface area contributed by atoms with E-state index in [-0.39, 0.29) is 5.91 Å². The zero-order chi connectivity index (χ0) is 17.2. The molecular formula is C20H25N3O2. The third kappa shape index (κ3) is 3.47. The minimum absolute atomic E-state index is 0.127. The number of carbonyl (C=O) groups excluding carboxylic acids is 1. The highest BCUT2D eigenvalue weighted by Gasteiger charge is 2.20. The molecule has 0 radical (unpaired) electrons. The molecule has 4 rings (SSSR count). The minimum Gasteiger partial charge on any atom is -0.441 e. The molecule has 0 aliphatic carbocycles. The van der Waals surface area contributed by atoms with Crippen LogP contribution in [0.25, 0.3) is 11.5 Å². The van der Waals surface area contributed by atoms with Crippen molar-refractivity contribution in [3.63, 3.8) is 0 Å². The van der Waals surface area contributed by atoms with E-state index in [0.29, 0.717) is 5.89 Å². The fourth-order valence-corrected chi connectivity index (χ4v) is 3.71. The highest BCUT2D eigenvalue weighted by atomic mass is 16.4. The normalized spacial score (nSPS) is 18.2. The second kappa shape index (κ2) is 7.00. The summed E-state index contributed by atoms with van der Waals surface area (Å²) in [6, 6.07) is 7.65. The number of aryl methyl sites for hydroxylation is 1. The van der Waals surface area contributed by atoms with E-state index < -0.39 is 0 Å². The fourth-order valence-electron chi connectivity index (χ4n) is 3.71. The van der Waals surface area contributed by atoms with Gasteiger partial charge in [0.05, 0.1) is 5.69 Å². The molecule has 2 aliphatic heterocycles. The van der Waals surface area contributed by atoms with Crippen LogP contribution in [0, 0.1) is 6.92 Å². The number of benzene rings is 1. The summed E-state index contributed by atoms with van der Waals surface area (Å²) in [5.41, 5.74) is 2.69. The number of hydrogen-bond donors (Lipinski definition) is 0. The Bertz CT molecular complexity index is 739. The Balaban J connectivity index is 1.49. The molecule has 0 atom stereocenters. The van der Waals surface area contributed by atoms with E-state index in [9.17, 15) is 4.79 Å². The van der Waals surface area contributed by atoms with Gasteiger partial charge in [0, 0.05) is 30.8 Å². The van der Waals surface area contributed by atoms with E-state index in [1.54, 1.807) is 0 Å². The molecule has 2 saturated heterocycles. The van der Waals surface area contributed by atoms with Crippen molar-refractivity contribution in [1.82, 2.24) is 14.8 Å². The molecule has 0 saturated carbocycles. The van der Waals surface area contributed by atoms with E-state index in [0.717, 1.165) is 68.1 Å². The van der Waals surface area contributed by atoms with Gasteiger partial charge in [0.2, 0.25) is 5.89 Å². The zero-order valence-electron chi connectivity index (χ0n) is 14.8. The molecule has 1 aromatic heterocycles. The minimum atomic E-state index is 0.127. The topological polar surface area (TPSA) is 49.6 Å². The summed E-state index contributed by atoms with van der Waals surface area (Å²) < 4.78 is 5.88. The van der Waals surface area contributed by atoms with Crippen molar-refractivity contribution in [2.45, 2.75) is 39.2 Å². The van der Waals surface area contributed by atoms with Gasteiger partial charge in [-0.3, -0.25) is 9.69 Å². The van der Waals surface area contributed by atoms with Gasteiger partial charge >= 0.3 is 0 Å². The predicted octanol–water partition coefficient (Wildman–Crippen LogP) is 3.48. The van der Waals surface area contributed by atoms with E-state index in [1.165, 1.54) is 12.8 Å². The first-order valence-corrected chi connectivity index (χ1v) is 9.29. The number of rotatable bonds is 4. The lowest BCUT2D eigenvalue weighted by atomic mass is 10.1. The second-order valence-electron chi connectivity index (χ2n) is 7.08. The van der Waals surface area contributed by atoms with Gasteiger partial charge in [-0.15, -0.1) is 0 Å². The van der Waals surface area contributed by atoms with Crippen LogP contribution >= 0.6 is 0 Å². The maximum absolute atomic E-state index is 12.4. The Hall–Kier alpha value is -2.14. The monoisotopic (exact) mass is 339 g/mol. The Morgan fingerprint density at radius 1 is 1.04 bits per heavy atom. The lowest BCUT2D eigenvalue weighted by Gasteiger charge is -2.15. The van der Waals surface area contributed by atoms with Gasteiger partial charge in [-0.1, -0.05) is 0 Å². The van der Waals surface area contributed by atoms with Crippen molar-refractivity contribution in [3.05, 3.63) is 41.3 Å². The molecule has 0 unspecified atom stereocenters. The van der Waals surface area contributed by atoms with Crippen molar-refractivity contribution in [2.24, 2.45) is 0 Å². The Labute approximate surface area is 148 Å². The zero-order valence-corrected chi connectivity index (χ0v) is 14.8. The smallest absolute Gasteiger partial charge is 0.253 e. The molecule has 25 heavy (non-hydrogen) atoms. The molecule has 5 nitrogen and oxygen atoms in total. The first-order valence-electron chi connectivity index (χ1n) is 9.29. The standard InChI is InChI=1S/C20H25N3O2/c1-15-18(14-22-10-2-3-11-22)21-19(25-15)16-6-8-17(9-7-16)20(24)23-12-4-5-13-23/h6-9H,2-5,10-14H2,1H3. The number of carbonyl (C=O) groups is 1. The van der Waals surface area contributed by atoms with Crippen molar-refractivity contribution in [1.29, 1.82) is 0 Å². The summed E-state index contributed by atoms with van der Waals surface area (Å²) in [7, 11) is 0. The summed E-state index contributed by atoms with van der Waals surface area (Å²) in [5, 5.41) is 0. The first-order chi connectivity index (χ1) is 12.2. The Morgan fingerprint density at radius 3 is 2.36 bits per heavy atom. The van der Waals surface area contributed by atoms with Gasteiger partial charge in [0.15, 0.2) is 0 Å². The van der Waals surface area contributed by atoms with Crippen LogP contribution in [0.5, 0.6) is 0 Å². The fraction of sp³-hybridized carbons (Fsp3) is 0.500. The van der Waals surface area contributed by atoms with Gasteiger partial charge in [-0.2, -0.15) is 0 Å². The maximum Gasteiger partial charge on any atom is 0.253 e.